The lowest BCUT2D eigenvalue weighted by Gasteiger charge is -2.18. The number of ether oxygens (including phenoxy) is 1. The molecular formula is C13H14F3N3OS. The normalized spacial score (nSPS) is 13.2. The number of nitrogens with one attached hydrogen (secondary N) is 1. The third-order valence-electron chi connectivity index (χ3n) is 2.78. The van der Waals surface area contributed by atoms with Crippen LogP contribution in [0.4, 0.5) is 13.2 Å². The van der Waals surface area contributed by atoms with Gasteiger partial charge in [-0.3, -0.25) is 0 Å². The number of aryl methyl sites for hydroxylation is 1. The maximum Gasteiger partial charge on any atom is 0.573 e. The zero-order valence-electron chi connectivity index (χ0n) is 11.4. The highest BCUT2D eigenvalue weighted by Gasteiger charge is 2.31. The average Bonchev–Trinajstić information content (AvgIpc) is 2.80. The van der Waals surface area contributed by atoms with Crippen LogP contribution in [-0.2, 0) is 0 Å². The van der Waals surface area contributed by atoms with E-state index < -0.39 is 6.36 Å². The van der Waals surface area contributed by atoms with Crippen LogP contribution in [0.25, 0.3) is 0 Å². The molecule has 4 nitrogen and oxygen atoms in total. The van der Waals surface area contributed by atoms with E-state index in [1.54, 1.807) is 6.07 Å². The minimum Gasteiger partial charge on any atom is -0.406 e. The number of rotatable bonds is 5. The minimum atomic E-state index is -4.70. The van der Waals surface area contributed by atoms with Crippen molar-refractivity contribution in [1.29, 1.82) is 0 Å². The monoisotopic (exact) mass is 317 g/mol. The summed E-state index contributed by atoms with van der Waals surface area (Å²) >= 11 is 1.22. The molecule has 0 aliphatic rings. The van der Waals surface area contributed by atoms with Crippen molar-refractivity contribution in [2.75, 3.05) is 6.54 Å². The first-order valence-corrected chi connectivity index (χ1v) is 7.06. The van der Waals surface area contributed by atoms with Gasteiger partial charge in [0, 0.05) is 0 Å². The molecule has 0 bridgehead atoms. The number of alkyl halides is 3. The van der Waals surface area contributed by atoms with Gasteiger partial charge in [-0.05, 0) is 42.7 Å². The minimum absolute atomic E-state index is 0.238. The molecule has 0 saturated heterocycles. The summed E-state index contributed by atoms with van der Waals surface area (Å²) in [6.07, 6.45) is -4.70. The van der Waals surface area contributed by atoms with Crippen molar-refractivity contribution >= 4 is 11.5 Å². The maximum atomic E-state index is 12.3. The first kappa shape index (κ1) is 15.7. The van der Waals surface area contributed by atoms with Gasteiger partial charge in [0.15, 0.2) is 0 Å². The fraction of sp³-hybridized carbons (Fsp3) is 0.385. The largest absolute Gasteiger partial charge is 0.573 e. The van der Waals surface area contributed by atoms with Gasteiger partial charge in [-0.1, -0.05) is 23.5 Å². The highest BCUT2D eigenvalue weighted by molar-refractivity contribution is 7.05. The molecule has 0 spiro atoms. The van der Waals surface area contributed by atoms with Crippen molar-refractivity contribution < 1.29 is 17.9 Å². The van der Waals surface area contributed by atoms with E-state index in [1.165, 1.54) is 29.7 Å². The Labute approximate surface area is 124 Å². The molecule has 1 N–H and O–H groups in total. The van der Waals surface area contributed by atoms with Crippen LogP contribution in [0.1, 0.15) is 29.1 Å². The van der Waals surface area contributed by atoms with Gasteiger partial charge in [-0.25, -0.2) is 0 Å². The molecule has 1 aromatic heterocycles. The smallest absolute Gasteiger partial charge is 0.406 e. The molecule has 0 fully saturated rings. The topological polar surface area (TPSA) is 47.0 Å². The molecular weight excluding hydrogens is 303 g/mol. The average molecular weight is 317 g/mol. The van der Waals surface area contributed by atoms with Gasteiger partial charge in [0.05, 0.1) is 16.6 Å². The second kappa shape index (κ2) is 6.40. The van der Waals surface area contributed by atoms with Crippen LogP contribution >= 0.6 is 11.5 Å². The number of hydrogen-bond acceptors (Lipinski definition) is 5. The Morgan fingerprint density at radius 2 is 2.14 bits per heavy atom. The number of hydrogen-bond donors (Lipinski definition) is 1. The molecule has 0 radical (unpaired) electrons. The van der Waals surface area contributed by atoms with Crippen molar-refractivity contribution in [2.45, 2.75) is 26.3 Å². The standard InChI is InChI=1S/C13H14F3N3OS/c1-3-17-11(12-8(2)18-19-21-12)9-5-4-6-10(7-9)20-13(14,15)16/h4-7,11,17H,3H2,1-2H3. The molecule has 0 aliphatic carbocycles. The van der Waals surface area contributed by atoms with E-state index in [-0.39, 0.29) is 11.8 Å². The third-order valence-corrected chi connectivity index (χ3v) is 3.67. The van der Waals surface area contributed by atoms with Gasteiger partial charge in [-0.2, -0.15) is 0 Å². The van der Waals surface area contributed by atoms with E-state index in [4.69, 9.17) is 0 Å². The van der Waals surface area contributed by atoms with Crippen molar-refractivity contribution in [3.63, 3.8) is 0 Å². The summed E-state index contributed by atoms with van der Waals surface area (Å²) in [5, 5.41) is 7.17. The van der Waals surface area contributed by atoms with Gasteiger partial charge in [-0.15, -0.1) is 18.3 Å². The molecule has 1 unspecified atom stereocenters. The summed E-state index contributed by atoms with van der Waals surface area (Å²) in [6.45, 7) is 4.40. The second-order valence-electron chi connectivity index (χ2n) is 4.33. The number of nitrogens with zero attached hydrogens (tertiary/aromatic N) is 2. The highest BCUT2D eigenvalue weighted by Crippen LogP contribution is 2.30. The van der Waals surface area contributed by atoms with Gasteiger partial charge < -0.3 is 10.1 Å². The highest BCUT2D eigenvalue weighted by atomic mass is 32.1. The van der Waals surface area contributed by atoms with Crippen molar-refractivity contribution in [3.05, 3.63) is 40.4 Å². The summed E-state index contributed by atoms with van der Waals surface area (Å²) in [4.78, 5) is 0.876. The molecule has 0 aliphatic heterocycles. The predicted molar refractivity (Wildman–Crippen MR) is 73.3 cm³/mol. The zero-order chi connectivity index (χ0) is 15.5. The third kappa shape index (κ3) is 4.15. The first-order valence-electron chi connectivity index (χ1n) is 6.28. The number of aromatic nitrogens is 2. The van der Waals surface area contributed by atoms with Gasteiger partial charge in [0.2, 0.25) is 0 Å². The lowest BCUT2D eigenvalue weighted by molar-refractivity contribution is -0.274. The molecule has 1 aromatic carbocycles. The lowest BCUT2D eigenvalue weighted by atomic mass is 10.0. The Morgan fingerprint density at radius 1 is 1.38 bits per heavy atom. The molecule has 114 valence electrons. The number of halogens is 3. The summed E-state index contributed by atoms with van der Waals surface area (Å²) in [5.41, 5.74) is 1.43. The Morgan fingerprint density at radius 3 is 2.71 bits per heavy atom. The molecule has 21 heavy (non-hydrogen) atoms. The summed E-state index contributed by atoms with van der Waals surface area (Å²) in [7, 11) is 0. The molecule has 1 atom stereocenters. The van der Waals surface area contributed by atoms with E-state index in [0.29, 0.717) is 12.1 Å². The molecule has 0 saturated carbocycles. The van der Waals surface area contributed by atoms with Crippen LogP contribution in [0.2, 0.25) is 0 Å². The van der Waals surface area contributed by atoms with E-state index >= 15 is 0 Å². The molecule has 0 amide bonds. The molecule has 1 heterocycles. The fourth-order valence-corrected chi connectivity index (χ4v) is 2.71. The van der Waals surface area contributed by atoms with Crippen LogP contribution in [-0.4, -0.2) is 22.5 Å². The van der Waals surface area contributed by atoms with Crippen LogP contribution in [0, 0.1) is 6.92 Å². The van der Waals surface area contributed by atoms with E-state index in [1.807, 2.05) is 13.8 Å². The Kier molecular flexibility index (Phi) is 4.79. The van der Waals surface area contributed by atoms with E-state index in [9.17, 15) is 13.2 Å². The fourth-order valence-electron chi connectivity index (χ4n) is 1.96. The summed E-state index contributed by atoms with van der Waals surface area (Å²) in [5.74, 6) is -0.238. The quantitative estimate of drug-likeness (QED) is 0.917. The lowest BCUT2D eigenvalue weighted by Crippen LogP contribution is -2.22. The predicted octanol–water partition coefficient (Wildman–Crippen LogP) is 3.44. The van der Waals surface area contributed by atoms with Gasteiger partial charge in [0.25, 0.3) is 0 Å². The maximum absolute atomic E-state index is 12.3. The van der Waals surface area contributed by atoms with Gasteiger partial charge >= 0.3 is 6.36 Å². The second-order valence-corrected chi connectivity index (χ2v) is 5.12. The van der Waals surface area contributed by atoms with Crippen LogP contribution in [0.15, 0.2) is 24.3 Å². The van der Waals surface area contributed by atoms with Crippen LogP contribution < -0.4 is 10.1 Å². The van der Waals surface area contributed by atoms with Crippen molar-refractivity contribution in [2.24, 2.45) is 0 Å². The zero-order valence-corrected chi connectivity index (χ0v) is 12.3. The SMILES string of the molecule is CCNC(c1cccc(OC(F)(F)F)c1)c1snnc1C. The van der Waals surface area contributed by atoms with E-state index in [0.717, 1.165) is 10.6 Å². The Hall–Kier alpha value is -1.67. The Bertz CT molecular complexity index is 600. The summed E-state index contributed by atoms with van der Waals surface area (Å²) in [6, 6.07) is 5.67. The van der Waals surface area contributed by atoms with Crippen LogP contribution in [0.3, 0.4) is 0 Å². The first-order chi connectivity index (χ1) is 9.90. The van der Waals surface area contributed by atoms with E-state index in [2.05, 4.69) is 19.6 Å². The van der Waals surface area contributed by atoms with Gasteiger partial charge in [0.1, 0.15) is 5.75 Å². The van der Waals surface area contributed by atoms with Crippen LogP contribution in [0.5, 0.6) is 5.75 Å². The molecule has 2 aromatic rings. The molecule has 8 heteroatoms. The molecule has 2 rings (SSSR count). The summed E-state index contributed by atoms with van der Waals surface area (Å²) < 4.78 is 44.7. The van der Waals surface area contributed by atoms with Crippen molar-refractivity contribution in [3.8, 4) is 5.75 Å². The van der Waals surface area contributed by atoms with Crippen molar-refractivity contribution in [1.82, 2.24) is 14.9 Å². The number of benzene rings is 1. The Balaban J connectivity index is 2.33.